The molecule has 1 fully saturated rings. The molecule has 2 aromatic rings. The average molecular weight is 405 g/mol. The van der Waals surface area contributed by atoms with Gasteiger partial charge in [-0.25, -0.2) is 0 Å². The van der Waals surface area contributed by atoms with Crippen LogP contribution in [0.3, 0.4) is 0 Å². The number of rotatable bonds is 7. The zero-order valence-electron chi connectivity index (χ0n) is 16.3. The molecule has 6 nitrogen and oxygen atoms in total. The van der Waals surface area contributed by atoms with Gasteiger partial charge in [0.1, 0.15) is 0 Å². The number of likely N-dealkylation sites (tertiary alicyclic amines) is 1. The summed E-state index contributed by atoms with van der Waals surface area (Å²) in [5.41, 5.74) is 1.78. The standard InChI is InChI=1S/C21H25ClN2O4/c1-26-18-11-16(12-19(27-2)21(18)28-3)23-20(25)13-24-10-4-5-17(24)14-6-8-15(22)9-7-14/h6-9,11-12,17H,4-5,10,13H2,1-3H3,(H,23,25). The van der Waals surface area contributed by atoms with Crippen LogP contribution >= 0.6 is 11.6 Å². The van der Waals surface area contributed by atoms with E-state index in [4.69, 9.17) is 25.8 Å². The molecule has 1 saturated heterocycles. The molecule has 1 aliphatic heterocycles. The molecule has 0 spiro atoms. The molecule has 1 N–H and O–H groups in total. The number of hydrogen-bond acceptors (Lipinski definition) is 5. The van der Waals surface area contributed by atoms with E-state index >= 15 is 0 Å². The van der Waals surface area contributed by atoms with Gasteiger partial charge in [0.25, 0.3) is 0 Å². The Kier molecular flexibility index (Phi) is 6.65. The molecule has 0 saturated carbocycles. The minimum Gasteiger partial charge on any atom is -0.493 e. The molecule has 150 valence electrons. The van der Waals surface area contributed by atoms with Gasteiger partial charge in [0.15, 0.2) is 11.5 Å². The van der Waals surface area contributed by atoms with Gasteiger partial charge in [0, 0.05) is 28.9 Å². The Labute approximate surface area is 170 Å². The summed E-state index contributed by atoms with van der Waals surface area (Å²) in [6, 6.07) is 11.5. The third-order valence-corrected chi connectivity index (χ3v) is 5.17. The maximum Gasteiger partial charge on any atom is 0.238 e. The second kappa shape index (κ2) is 9.17. The molecule has 1 heterocycles. The monoisotopic (exact) mass is 404 g/mol. The molecule has 7 heteroatoms. The molecule has 0 aromatic heterocycles. The summed E-state index contributed by atoms with van der Waals surface area (Å²) >= 11 is 5.99. The minimum absolute atomic E-state index is 0.0878. The molecule has 1 aliphatic rings. The number of anilines is 1. The van der Waals surface area contributed by atoms with Gasteiger partial charge in [-0.05, 0) is 37.1 Å². The maximum atomic E-state index is 12.7. The van der Waals surface area contributed by atoms with Crippen molar-refractivity contribution in [1.29, 1.82) is 0 Å². The van der Waals surface area contributed by atoms with Gasteiger partial charge in [0.2, 0.25) is 11.7 Å². The Hall–Kier alpha value is -2.44. The van der Waals surface area contributed by atoms with Gasteiger partial charge >= 0.3 is 0 Å². The molecule has 2 aromatic carbocycles. The summed E-state index contributed by atoms with van der Waals surface area (Å²) in [6.45, 7) is 1.19. The highest BCUT2D eigenvalue weighted by atomic mass is 35.5. The van der Waals surface area contributed by atoms with E-state index in [1.165, 1.54) is 5.56 Å². The molecule has 0 bridgehead atoms. The summed E-state index contributed by atoms with van der Waals surface area (Å²) in [7, 11) is 4.64. The van der Waals surface area contributed by atoms with Crippen LogP contribution in [0.15, 0.2) is 36.4 Å². The van der Waals surface area contributed by atoms with E-state index in [2.05, 4.69) is 10.2 Å². The van der Waals surface area contributed by atoms with Crippen LogP contribution in [-0.2, 0) is 4.79 Å². The first-order valence-corrected chi connectivity index (χ1v) is 9.53. The van der Waals surface area contributed by atoms with Crippen LogP contribution in [0.5, 0.6) is 17.2 Å². The van der Waals surface area contributed by atoms with Crippen molar-refractivity contribution >= 4 is 23.2 Å². The van der Waals surface area contributed by atoms with Crippen molar-refractivity contribution in [2.45, 2.75) is 18.9 Å². The van der Waals surface area contributed by atoms with Crippen LogP contribution in [0.4, 0.5) is 5.69 Å². The lowest BCUT2D eigenvalue weighted by atomic mass is 10.0. The lowest BCUT2D eigenvalue weighted by molar-refractivity contribution is -0.117. The van der Waals surface area contributed by atoms with E-state index in [1.54, 1.807) is 33.5 Å². The van der Waals surface area contributed by atoms with Crippen LogP contribution in [0.2, 0.25) is 5.02 Å². The van der Waals surface area contributed by atoms with Crippen LogP contribution in [-0.4, -0.2) is 45.2 Å². The molecular formula is C21H25ClN2O4. The highest BCUT2D eigenvalue weighted by Gasteiger charge is 2.27. The second-order valence-corrected chi connectivity index (χ2v) is 7.08. The topological polar surface area (TPSA) is 60.0 Å². The smallest absolute Gasteiger partial charge is 0.238 e. The molecular weight excluding hydrogens is 380 g/mol. The fourth-order valence-corrected chi connectivity index (χ4v) is 3.74. The number of nitrogens with zero attached hydrogens (tertiary/aromatic N) is 1. The third-order valence-electron chi connectivity index (χ3n) is 4.91. The SMILES string of the molecule is COc1cc(NC(=O)CN2CCCC2c2ccc(Cl)cc2)cc(OC)c1OC. The number of nitrogens with one attached hydrogen (secondary N) is 1. The van der Waals surface area contributed by atoms with Crippen LogP contribution in [0.25, 0.3) is 0 Å². The first kappa shape index (κ1) is 20.3. The van der Waals surface area contributed by atoms with Crippen LogP contribution in [0.1, 0.15) is 24.4 Å². The number of benzene rings is 2. The van der Waals surface area contributed by atoms with Gasteiger partial charge in [-0.15, -0.1) is 0 Å². The fourth-order valence-electron chi connectivity index (χ4n) is 3.62. The fraction of sp³-hybridized carbons (Fsp3) is 0.381. The van der Waals surface area contributed by atoms with E-state index in [1.807, 2.05) is 24.3 Å². The van der Waals surface area contributed by atoms with E-state index in [0.717, 1.165) is 19.4 Å². The van der Waals surface area contributed by atoms with Crippen molar-refractivity contribution < 1.29 is 19.0 Å². The van der Waals surface area contributed by atoms with Gasteiger partial charge in [-0.1, -0.05) is 23.7 Å². The number of carbonyl (C=O) groups is 1. The molecule has 1 amide bonds. The van der Waals surface area contributed by atoms with Crippen LogP contribution < -0.4 is 19.5 Å². The summed E-state index contributed by atoms with van der Waals surface area (Å²) in [6.07, 6.45) is 2.09. The Morgan fingerprint density at radius 3 is 2.32 bits per heavy atom. The summed E-state index contributed by atoms with van der Waals surface area (Å²) in [5, 5.41) is 3.65. The third kappa shape index (κ3) is 4.51. The number of ether oxygens (including phenoxy) is 3. The first-order chi connectivity index (χ1) is 13.5. The first-order valence-electron chi connectivity index (χ1n) is 9.15. The number of carbonyl (C=O) groups excluding carboxylic acids is 1. The zero-order chi connectivity index (χ0) is 20.1. The highest BCUT2D eigenvalue weighted by molar-refractivity contribution is 6.30. The number of amides is 1. The predicted octanol–water partition coefficient (Wildman–Crippen LogP) is 4.14. The largest absolute Gasteiger partial charge is 0.493 e. The van der Waals surface area contributed by atoms with E-state index in [0.29, 0.717) is 34.5 Å². The van der Waals surface area contributed by atoms with Gasteiger partial charge in [0.05, 0.1) is 27.9 Å². The molecule has 0 aliphatic carbocycles. The van der Waals surface area contributed by atoms with Crippen molar-refractivity contribution in [2.75, 3.05) is 39.7 Å². The Balaban J connectivity index is 1.70. The van der Waals surface area contributed by atoms with Gasteiger partial charge < -0.3 is 19.5 Å². The minimum atomic E-state index is -0.0878. The summed E-state index contributed by atoms with van der Waals surface area (Å²) in [4.78, 5) is 14.9. The summed E-state index contributed by atoms with van der Waals surface area (Å²) in [5.74, 6) is 1.40. The molecule has 3 rings (SSSR count). The molecule has 1 unspecified atom stereocenters. The van der Waals surface area contributed by atoms with E-state index in [9.17, 15) is 4.79 Å². The number of halogens is 1. The number of hydrogen-bond donors (Lipinski definition) is 1. The average Bonchev–Trinajstić information content (AvgIpc) is 3.15. The molecule has 28 heavy (non-hydrogen) atoms. The van der Waals surface area contributed by atoms with Gasteiger partial charge in [-0.2, -0.15) is 0 Å². The van der Waals surface area contributed by atoms with Crippen LogP contribution in [0, 0.1) is 0 Å². The van der Waals surface area contributed by atoms with Crippen molar-refractivity contribution in [3.05, 3.63) is 47.0 Å². The normalized spacial score (nSPS) is 16.6. The van der Waals surface area contributed by atoms with Crippen molar-refractivity contribution in [1.82, 2.24) is 4.90 Å². The van der Waals surface area contributed by atoms with Crippen molar-refractivity contribution in [3.8, 4) is 17.2 Å². The van der Waals surface area contributed by atoms with E-state index < -0.39 is 0 Å². The zero-order valence-corrected chi connectivity index (χ0v) is 17.1. The van der Waals surface area contributed by atoms with Gasteiger partial charge in [-0.3, -0.25) is 9.69 Å². The molecule has 0 radical (unpaired) electrons. The lowest BCUT2D eigenvalue weighted by Gasteiger charge is -2.24. The summed E-state index contributed by atoms with van der Waals surface area (Å²) < 4.78 is 16.0. The van der Waals surface area contributed by atoms with Crippen molar-refractivity contribution in [3.63, 3.8) is 0 Å². The molecule has 1 atom stereocenters. The Bertz CT molecular complexity index is 801. The van der Waals surface area contributed by atoms with Crippen molar-refractivity contribution in [2.24, 2.45) is 0 Å². The maximum absolute atomic E-state index is 12.7. The quantitative estimate of drug-likeness (QED) is 0.751. The lowest BCUT2D eigenvalue weighted by Crippen LogP contribution is -2.32. The second-order valence-electron chi connectivity index (χ2n) is 6.64. The predicted molar refractivity (Wildman–Crippen MR) is 110 cm³/mol. The Morgan fingerprint density at radius 2 is 1.75 bits per heavy atom. The highest BCUT2D eigenvalue weighted by Crippen LogP contribution is 2.40. The Morgan fingerprint density at radius 1 is 1.11 bits per heavy atom. The number of methoxy groups -OCH3 is 3. The van der Waals surface area contributed by atoms with E-state index in [-0.39, 0.29) is 11.9 Å².